The number of aryl methyl sites for hydroxylation is 1. The number of hydrogen-bond donors (Lipinski definition) is 2. The van der Waals surface area contributed by atoms with Crippen LogP contribution >= 0.6 is 11.3 Å². The molecular weight excluding hydrogens is 224 g/mol. The molecule has 1 heterocycles. The fourth-order valence-electron chi connectivity index (χ4n) is 1.48. The van der Waals surface area contributed by atoms with Gasteiger partial charge in [-0.25, -0.2) is 9.78 Å². The first kappa shape index (κ1) is 10.6. The van der Waals surface area contributed by atoms with Crippen LogP contribution in [0.15, 0.2) is 24.3 Å². The number of carboxylic acid groups (broad SMARTS) is 1. The summed E-state index contributed by atoms with van der Waals surface area (Å²) in [5.74, 6) is -0.942. The molecule has 0 atom stereocenters. The first-order valence-corrected chi connectivity index (χ1v) is 5.46. The zero-order valence-electron chi connectivity index (χ0n) is 8.60. The molecule has 0 bridgehead atoms. The van der Waals surface area contributed by atoms with Crippen molar-refractivity contribution in [2.24, 2.45) is 0 Å². The van der Waals surface area contributed by atoms with E-state index in [1.165, 1.54) is 11.3 Å². The van der Waals surface area contributed by atoms with Gasteiger partial charge in [0.2, 0.25) is 0 Å². The molecule has 0 fully saturated rings. The summed E-state index contributed by atoms with van der Waals surface area (Å²) in [5, 5.41) is 9.38. The largest absolute Gasteiger partial charge is 0.478 e. The molecule has 1 aromatic carbocycles. The molecule has 2 rings (SSSR count). The van der Waals surface area contributed by atoms with Crippen molar-refractivity contribution in [3.05, 3.63) is 34.7 Å². The molecule has 0 unspecified atom stereocenters. The summed E-state index contributed by atoms with van der Waals surface area (Å²) in [7, 11) is 0. The summed E-state index contributed by atoms with van der Waals surface area (Å²) in [5.41, 5.74) is 7.40. The Balaban J connectivity index is 2.52. The van der Waals surface area contributed by atoms with Crippen molar-refractivity contribution in [1.82, 2.24) is 4.98 Å². The molecule has 3 N–H and O–H groups in total. The molecule has 16 heavy (non-hydrogen) atoms. The van der Waals surface area contributed by atoms with E-state index in [4.69, 9.17) is 10.8 Å². The van der Waals surface area contributed by atoms with E-state index in [0.717, 1.165) is 16.1 Å². The second-order valence-corrected chi connectivity index (χ2v) is 4.58. The minimum absolute atomic E-state index is 0.253. The zero-order chi connectivity index (χ0) is 11.7. The Bertz CT molecular complexity index is 549. The summed E-state index contributed by atoms with van der Waals surface area (Å²) >= 11 is 1.40. The third kappa shape index (κ3) is 1.90. The summed E-state index contributed by atoms with van der Waals surface area (Å²) < 4.78 is 0. The highest BCUT2D eigenvalue weighted by Crippen LogP contribution is 2.29. The fraction of sp³-hybridized carbons (Fsp3) is 0.0909. The van der Waals surface area contributed by atoms with Crippen LogP contribution in [-0.4, -0.2) is 16.1 Å². The van der Waals surface area contributed by atoms with Crippen LogP contribution in [0.1, 0.15) is 15.2 Å². The van der Waals surface area contributed by atoms with E-state index in [2.05, 4.69) is 4.98 Å². The highest BCUT2D eigenvalue weighted by Gasteiger charge is 2.10. The van der Waals surface area contributed by atoms with Crippen LogP contribution in [0.2, 0.25) is 0 Å². The van der Waals surface area contributed by atoms with Crippen molar-refractivity contribution in [3.63, 3.8) is 0 Å². The molecule has 1 aromatic heterocycles. The van der Waals surface area contributed by atoms with E-state index in [-0.39, 0.29) is 5.56 Å². The zero-order valence-corrected chi connectivity index (χ0v) is 9.41. The normalized spacial score (nSPS) is 10.3. The molecule has 0 aliphatic heterocycles. The minimum atomic E-state index is -0.942. The lowest BCUT2D eigenvalue weighted by atomic mass is 10.1. The maximum absolute atomic E-state index is 10.8. The standard InChI is InChI=1S/C11H10N2O2S/c1-6-9(13-11(12)16-6)7-3-2-4-8(5-7)10(14)15/h2-5H,1H3,(H2,12,13)(H,14,15). The highest BCUT2D eigenvalue weighted by atomic mass is 32.1. The van der Waals surface area contributed by atoms with E-state index >= 15 is 0 Å². The lowest BCUT2D eigenvalue weighted by Crippen LogP contribution is -1.96. The van der Waals surface area contributed by atoms with Crippen molar-refractivity contribution in [3.8, 4) is 11.3 Å². The minimum Gasteiger partial charge on any atom is -0.478 e. The molecule has 0 saturated carbocycles. The van der Waals surface area contributed by atoms with Crippen LogP contribution in [-0.2, 0) is 0 Å². The Morgan fingerprint density at radius 1 is 1.50 bits per heavy atom. The highest BCUT2D eigenvalue weighted by molar-refractivity contribution is 7.15. The summed E-state index contributed by atoms with van der Waals surface area (Å²) in [4.78, 5) is 16.0. The number of thiazole rings is 1. The number of carbonyl (C=O) groups is 1. The van der Waals surface area contributed by atoms with Crippen molar-refractivity contribution in [2.75, 3.05) is 5.73 Å². The number of hydrogen-bond acceptors (Lipinski definition) is 4. The van der Waals surface area contributed by atoms with Crippen molar-refractivity contribution < 1.29 is 9.90 Å². The predicted molar refractivity (Wildman–Crippen MR) is 63.7 cm³/mol. The average molecular weight is 234 g/mol. The second kappa shape index (κ2) is 3.94. The maximum atomic E-state index is 10.8. The molecule has 5 heteroatoms. The van der Waals surface area contributed by atoms with Gasteiger partial charge in [0.15, 0.2) is 5.13 Å². The topological polar surface area (TPSA) is 76.2 Å². The molecule has 0 amide bonds. The molecule has 0 radical (unpaired) electrons. The Labute approximate surface area is 96.4 Å². The van der Waals surface area contributed by atoms with Gasteiger partial charge in [0.25, 0.3) is 0 Å². The van der Waals surface area contributed by atoms with E-state index in [1.54, 1.807) is 18.2 Å². The fourth-order valence-corrected chi connectivity index (χ4v) is 2.20. The van der Waals surface area contributed by atoms with E-state index in [0.29, 0.717) is 5.13 Å². The van der Waals surface area contributed by atoms with Gasteiger partial charge in [-0.2, -0.15) is 0 Å². The Kier molecular flexibility index (Phi) is 2.62. The molecule has 82 valence electrons. The number of nitrogen functional groups attached to an aromatic ring is 1. The predicted octanol–water partition coefficient (Wildman–Crippen LogP) is 2.40. The van der Waals surface area contributed by atoms with Crippen LogP contribution in [0.4, 0.5) is 5.13 Å². The third-order valence-corrected chi connectivity index (χ3v) is 3.00. The third-order valence-electron chi connectivity index (χ3n) is 2.20. The SMILES string of the molecule is Cc1sc(N)nc1-c1cccc(C(=O)O)c1. The molecule has 0 spiro atoms. The van der Waals surface area contributed by atoms with E-state index < -0.39 is 5.97 Å². The van der Waals surface area contributed by atoms with E-state index in [9.17, 15) is 4.79 Å². The number of rotatable bonds is 2. The van der Waals surface area contributed by atoms with E-state index in [1.807, 2.05) is 13.0 Å². The number of nitrogens with zero attached hydrogens (tertiary/aromatic N) is 1. The van der Waals surface area contributed by atoms with Gasteiger partial charge in [0, 0.05) is 10.4 Å². The lowest BCUT2D eigenvalue weighted by Gasteiger charge is -2.00. The number of carboxylic acids is 1. The first-order chi connectivity index (χ1) is 7.58. The number of anilines is 1. The first-order valence-electron chi connectivity index (χ1n) is 4.64. The molecule has 0 aliphatic carbocycles. The molecule has 0 aliphatic rings. The maximum Gasteiger partial charge on any atom is 0.335 e. The quantitative estimate of drug-likeness (QED) is 0.836. The van der Waals surface area contributed by atoms with Crippen molar-refractivity contribution in [1.29, 1.82) is 0 Å². The lowest BCUT2D eigenvalue weighted by molar-refractivity contribution is 0.0697. The van der Waals surface area contributed by atoms with Gasteiger partial charge < -0.3 is 10.8 Å². The number of aromatic carboxylic acids is 1. The molecule has 2 aromatic rings. The number of benzene rings is 1. The second-order valence-electron chi connectivity index (χ2n) is 3.34. The summed E-state index contributed by atoms with van der Waals surface area (Å²) in [6, 6.07) is 6.68. The van der Waals surface area contributed by atoms with Gasteiger partial charge in [-0.05, 0) is 19.1 Å². The van der Waals surface area contributed by atoms with Gasteiger partial charge in [0.05, 0.1) is 11.3 Å². The van der Waals surface area contributed by atoms with Crippen molar-refractivity contribution >= 4 is 22.4 Å². The molecule has 0 saturated heterocycles. The van der Waals surface area contributed by atoms with Crippen LogP contribution in [0.3, 0.4) is 0 Å². The summed E-state index contributed by atoms with van der Waals surface area (Å²) in [6.07, 6.45) is 0. The molecular formula is C11H10N2O2S. The Hall–Kier alpha value is -1.88. The summed E-state index contributed by atoms with van der Waals surface area (Å²) in [6.45, 7) is 1.91. The Morgan fingerprint density at radius 2 is 2.25 bits per heavy atom. The van der Waals surface area contributed by atoms with Crippen molar-refractivity contribution in [2.45, 2.75) is 6.92 Å². The van der Waals surface area contributed by atoms with Gasteiger partial charge in [-0.15, -0.1) is 11.3 Å². The molecule has 4 nitrogen and oxygen atoms in total. The average Bonchev–Trinajstić information content (AvgIpc) is 2.58. The monoisotopic (exact) mass is 234 g/mol. The van der Waals surface area contributed by atoms with Gasteiger partial charge >= 0.3 is 5.97 Å². The van der Waals surface area contributed by atoms with Crippen LogP contribution in [0.25, 0.3) is 11.3 Å². The van der Waals surface area contributed by atoms with Crippen LogP contribution in [0, 0.1) is 6.92 Å². The number of nitrogens with two attached hydrogens (primary N) is 1. The van der Waals surface area contributed by atoms with Gasteiger partial charge in [-0.1, -0.05) is 12.1 Å². The van der Waals surface area contributed by atoms with Crippen LogP contribution < -0.4 is 5.73 Å². The Morgan fingerprint density at radius 3 is 2.81 bits per heavy atom. The number of aromatic nitrogens is 1. The van der Waals surface area contributed by atoms with Crippen LogP contribution in [0.5, 0.6) is 0 Å². The smallest absolute Gasteiger partial charge is 0.335 e. The van der Waals surface area contributed by atoms with Gasteiger partial charge in [-0.3, -0.25) is 0 Å². The van der Waals surface area contributed by atoms with Gasteiger partial charge in [0.1, 0.15) is 0 Å².